The first-order chi connectivity index (χ1) is 21.0. The SMILES string of the molecule is CCN(CC)c1ccc(C(=O)NC2CCc3cc(/C=C/C(=O)NCCCCCC(=O)NOC4CCCCO4)ccc32)cc1. The topological polar surface area (TPSA) is 109 Å². The molecule has 232 valence electrons. The lowest BCUT2D eigenvalue weighted by Crippen LogP contribution is -2.33. The number of amides is 3. The highest BCUT2D eigenvalue weighted by atomic mass is 16.8. The summed E-state index contributed by atoms with van der Waals surface area (Å²) >= 11 is 0. The van der Waals surface area contributed by atoms with E-state index in [4.69, 9.17) is 9.57 Å². The summed E-state index contributed by atoms with van der Waals surface area (Å²) in [5, 5.41) is 6.10. The van der Waals surface area contributed by atoms with E-state index in [9.17, 15) is 14.4 Å². The van der Waals surface area contributed by atoms with Crippen LogP contribution < -0.4 is 21.0 Å². The zero-order valence-corrected chi connectivity index (χ0v) is 25.5. The second-order valence-corrected chi connectivity index (χ2v) is 11.1. The summed E-state index contributed by atoms with van der Waals surface area (Å²) in [6, 6.07) is 13.9. The van der Waals surface area contributed by atoms with Gasteiger partial charge in [-0.1, -0.05) is 24.6 Å². The minimum atomic E-state index is -0.339. The summed E-state index contributed by atoms with van der Waals surface area (Å²) in [5.74, 6) is -0.354. The van der Waals surface area contributed by atoms with Crippen LogP contribution in [0.3, 0.4) is 0 Å². The standard InChI is InChI=1S/C34H46N4O5/c1-3-38(4-2)28-17-14-26(15-18-28)34(41)36-30-20-16-27-24-25(12-19-29(27)30)13-21-31(39)35-22-8-5-6-10-32(40)37-43-33-11-7-9-23-42-33/h12-15,17-19,21,24,30,33H,3-11,16,20,22-23H2,1-2H3,(H,35,39)(H,36,41)(H,37,40)/b21-13+. The zero-order valence-electron chi connectivity index (χ0n) is 25.5. The van der Waals surface area contributed by atoms with E-state index in [-0.39, 0.29) is 30.1 Å². The maximum Gasteiger partial charge on any atom is 0.251 e. The number of hydrogen-bond acceptors (Lipinski definition) is 6. The first-order valence-electron chi connectivity index (χ1n) is 15.8. The molecular weight excluding hydrogens is 544 g/mol. The van der Waals surface area contributed by atoms with Gasteiger partial charge in [-0.15, -0.1) is 0 Å². The van der Waals surface area contributed by atoms with Gasteiger partial charge in [-0.3, -0.25) is 14.4 Å². The Hall–Kier alpha value is -3.69. The molecule has 3 N–H and O–H groups in total. The van der Waals surface area contributed by atoms with Crippen molar-refractivity contribution in [3.8, 4) is 0 Å². The molecular formula is C34H46N4O5. The Morgan fingerprint density at radius 3 is 2.56 bits per heavy atom. The molecule has 1 aliphatic heterocycles. The van der Waals surface area contributed by atoms with E-state index >= 15 is 0 Å². The molecule has 0 radical (unpaired) electrons. The Morgan fingerprint density at radius 2 is 1.81 bits per heavy atom. The molecule has 0 aromatic heterocycles. The van der Waals surface area contributed by atoms with Crippen molar-refractivity contribution in [3.05, 3.63) is 70.8 Å². The fraction of sp³-hybridized carbons (Fsp3) is 0.500. The lowest BCUT2D eigenvalue weighted by atomic mass is 10.0. The Labute approximate surface area is 255 Å². The van der Waals surface area contributed by atoms with Crippen LogP contribution in [0.2, 0.25) is 0 Å². The lowest BCUT2D eigenvalue weighted by Gasteiger charge is -2.22. The van der Waals surface area contributed by atoms with Crippen LogP contribution in [-0.2, 0) is 25.6 Å². The van der Waals surface area contributed by atoms with Gasteiger partial charge in [0.05, 0.1) is 6.04 Å². The minimum absolute atomic E-state index is 0.0178. The van der Waals surface area contributed by atoms with Gasteiger partial charge < -0.3 is 20.3 Å². The second kappa shape index (κ2) is 16.8. The molecule has 43 heavy (non-hydrogen) atoms. The fourth-order valence-electron chi connectivity index (χ4n) is 5.56. The van der Waals surface area contributed by atoms with Crippen molar-refractivity contribution in [2.45, 2.75) is 84.0 Å². The lowest BCUT2D eigenvalue weighted by molar-refractivity contribution is -0.200. The number of ether oxygens (including phenoxy) is 1. The minimum Gasteiger partial charge on any atom is -0.372 e. The summed E-state index contributed by atoms with van der Waals surface area (Å²) in [6.45, 7) is 7.33. The normalized spacial score (nSPS) is 17.8. The smallest absolute Gasteiger partial charge is 0.251 e. The van der Waals surface area contributed by atoms with Crippen molar-refractivity contribution in [2.24, 2.45) is 0 Å². The summed E-state index contributed by atoms with van der Waals surface area (Å²) < 4.78 is 5.42. The second-order valence-electron chi connectivity index (χ2n) is 11.1. The van der Waals surface area contributed by atoms with Crippen LogP contribution in [0.25, 0.3) is 6.08 Å². The number of hydroxylamine groups is 1. The number of hydrogen-bond donors (Lipinski definition) is 3. The molecule has 3 amide bonds. The van der Waals surface area contributed by atoms with Gasteiger partial charge in [-0.05, 0) is 99.4 Å². The molecule has 0 saturated carbocycles. The van der Waals surface area contributed by atoms with Crippen molar-refractivity contribution in [2.75, 3.05) is 31.1 Å². The van der Waals surface area contributed by atoms with E-state index in [0.717, 1.165) is 81.3 Å². The number of benzene rings is 2. The van der Waals surface area contributed by atoms with Crippen LogP contribution in [-0.4, -0.2) is 50.3 Å². The zero-order chi connectivity index (χ0) is 30.4. The number of carbonyl (C=O) groups excluding carboxylic acids is 3. The molecule has 2 aromatic rings. The summed E-state index contributed by atoms with van der Waals surface area (Å²) in [4.78, 5) is 44.6. The van der Waals surface area contributed by atoms with E-state index < -0.39 is 0 Å². The molecule has 2 unspecified atom stereocenters. The van der Waals surface area contributed by atoms with E-state index in [1.54, 1.807) is 6.08 Å². The number of anilines is 1. The predicted molar refractivity (Wildman–Crippen MR) is 168 cm³/mol. The average Bonchev–Trinajstić information content (AvgIpc) is 3.43. The van der Waals surface area contributed by atoms with Gasteiger partial charge >= 0.3 is 0 Å². The molecule has 2 atom stereocenters. The Kier molecular flexibility index (Phi) is 12.6. The van der Waals surface area contributed by atoms with Crippen LogP contribution in [0.1, 0.15) is 98.3 Å². The van der Waals surface area contributed by atoms with Gasteiger partial charge in [-0.2, -0.15) is 0 Å². The number of fused-ring (bicyclic) bond motifs is 1. The van der Waals surface area contributed by atoms with Crippen LogP contribution in [0, 0.1) is 0 Å². The highest BCUT2D eigenvalue weighted by Crippen LogP contribution is 2.32. The van der Waals surface area contributed by atoms with E-state index in [1.807, 2.05) is 36.4 Å². The van der Waals surface area contributed by atoms with Crippen molar-refractivity contribution < 1.29 is 24.0 Å². The molecule has 1 saturated heterocycles. The number of aryl methyl sites for hydroxylation is 1. The molecule has 0 bridgehead atoms. The molecule has 9 heteroatoms. The van der Waals surface area contributed by atoms with E-state index in [1.165, 1.54) is 5.56 Å². The molecule has 9 nitrogen and oxygen atoms in total. The van der Waals surface area contributed by atoms with Gasteiger partial charge in [0, 0.05) is 56.4 Å². The molecule has 1 fully saturated rings. The van der Waals surface area contributed by atoms with Crippen LogP contribution >= 0.6 is 0 Å². The Morgan fingerprint density at radius 1 is 1.00 bits per heavy atom. The summed E-state index contributed by atoms with van der Waals surface area (Å²) in [7, 11) is 0. The van der Waals surface area contributed by atoms with Crippen molar-refractivity contribution >= 4 is 29.5 Å². The maximum absolute atomic E-state index is 12.9. The van der Waals surface area contributed by atoms with Crippen LogP contribution in [0.15, 0.2) is 48.5 Å². The third kappa shape index (κ3) is 9.93. The molecule has 1 heterocycles. The van der Waals surface area contributed by atoms with Crippen molar-refractivity contribution in [1.82, 2.24) is 16.1 Å². The Bertz CT molecular complexity index is 1240. The van der Waals surface area contributed by atoms with Crippen LogP contribution in [0.5, 0.6) is 0 Å². The fourth-order valence-corrected chi connectivity index (χ4v) is 5.56. The third-order valence-electron chi connectivity index (χ3n) is 8.06. The largest absolute Gasteiger partial charge is 0.372 e. The van der Waals surface area contributed by atoms with Gasteiger partial charge in [-0.25, -0.2) is 10.3 Å². The number of rotatable bonds is 15. The number of unbranched alkanes of at least 4 members (excludes halogenated alkanes) is 2. The van der Waals surface area contributed by atoms with Crippen molar-refractivity contribution in [3.63, 3.8) is 0 Å². The summed E-state index contributed by atoms with van der Waals surface area (Å²) in [6.07, 6.45) is 10.4. The number of nitrogens with zero attached hydrogens (tertiary/aromatic N) is 1. The first-order valence-corrected chi connectivity index (χ1v) is 15.8. The van der Waals surface area contributed by atoms with Gasteiger partial charge in [0.15, 0.2) is 6.29 Å². The number of carbonyl (C=O) groups is 3. The summed E-state index contributed by atoms with van der Waals surface area (Å²) in [5.41, 5.74) is 7.55. The van der Waals surface area contributed by atoms with E-state index in [0.29, 0.717) is 25.1 Å². The molecule has 0 spiro atoms. The van der Waals surface area contributed by atoms with Gasteiger partial charge in [0.25, 0.3) is 5.91 Å². The van der Waals surface area contributed by atoms with E-state index in [2.05, 4.69) is 47.0 Å². The highest BCUT2D eigenvalue weighted by molar-refractivity contribution is 5.95. The monoisotopic (exact) mass is 590 g/mol. The van der Waals surface area contributed by atoms with Gasteiger partial charge in [0.1, 0.15) is 0 Å². The maximum atomic E-state index is 12.9. The van der Waals surface area contributed by atoms with Gasteiger partial charge in [0.2, 0.25) is 11.8 Å². The number of nitrogens with one attached hydrogen (secondary N) is 3. The van der Waals surface area contributed by atoms with Crippen molar-refractivity contribution in [1.29, 1.82) is 0 Å². The third-order valence-corrected chi connectivity index (χ3v) is 8.06. The quantitative estimate of drug-likeness (QED) is 0.149. The van der Waals surface area contributed by atoms with Crippen LogP contribution in [0.4, 0.5) is 5.69 Å². The Balaban J connectivity index is 1.13. The molecule has 2 aromatic carbocycles. The average molecular weight is 591 g/mol. The molecule has 2 aliphatic rings. The highest BCUT2D eigenvalue weighted by Gasteiger charge is 2.24. The predicted octanol–water partition coefficient (Wildman–Crippen LogP) is 5.21. The first kappa shape index (κ1) is 32.2. The molecule has 1 aliphatic carbocycles. The molecule has 4 rings (SSSR count).